The Balaban J connectivity index is 1.67. The van der Waals surface area contributed by atoms with E-state index in [4.69, 9.17) is 13.9 Å². The molecule has 26 heavy (non-hydrogen) atoms. The number of anilines is 2. The molecule has 0 bridgehead atoms. The first-order valence-electron chi connectivity index (χ1n) is 7.81. The van der Waals surface area contributed by atoms with Gasteiger partial charge in [0.2, 0.25) is 0 Å². The Morgan fingerprint density at radius 3 is 2.69 bits per heavy atom. The summed E-state index contributed by atoms with van der Waals surface area (Å²) >= 11 is 0. The van der Waals surface area contributed by atoms with Gasteiger partial charge in [-0.2, -0.15) is 0 Å². The number of nitrogens with one attached hydrogen (secondary N) is 2. The van der Waals surface area contributed by atoms with Crippen LogP contribution in [0.5, 0.6) is 11.5 Å². The Hall–Kier alpha value is -3.55. The first kappa shape index (κ1) is 17.3. The number of aromatic nitrogens is 2. The fourth-order valence-electron chi connectivity index (χ4n) is 2.23. The summed E-state index contributed by atoms with van der Waals surface area (Å²) in [6.45, 7) is 0.286. The Kier molecular flexibility index (Phi) is 5.33. The number of amides is 1. The molecule has 0 saturated heterocycles. The summed E-state index contributed by atoms with van der Waals surface area (Å²) in [7, 11) is 3.16. The highest BCUT2D eigenvalue weighted by Gasteiger charge is 2.10. The van der Waals surface area contributed by atoms with Crippen LogP contribution in [0.1, 0.15) is 16.2 Å². The van der Waals surface area contributed by atoms with Gasteiger partial charge in [-0.15, -0.1) is 0 Å². The molecule has 8 nitrogen and oxygen atoms in total. The van der Waals surface area contributed by atoms with Crippen LogP contribution in [0.4, 0.5) is 11.5 Å². The number of hydrogen-bond acceptors (Lipinski definition) is 7. The van der Waals surface area contributed by atoms with E-state index in [1.165, 1.54) is 12.4 Å². The van der Waals surface area contributed by atoms with Crippen LogP contribution in [0.15, 0.2) is 53.4 Å². The van der Waals surface area contributed by atoms with E-state index >= 15 is 0 Å². The third kappa shape index (κ3) is 4.10. The summed E-state index contributed by atoms with van der Waals surface area (Å²) < 4.78 is 15.7. The van der Waals surface area contributed by atoms with Crippen molar-refractivity contribution in [1.82, 2.24) is 15.3 Å². The molecule has 0 radical (unpaired) electrons. The first-order valence-corrected chi connectivity index (χ1v) is 7.81. The number of methoxy groups -OCH3 is 2. The van der Waals surface area contributed by atoms with Crippen molar-refractivity contribution in [2.24, 2.45) is 0 Å². The molecule has 0 aliphatic rings. The average molecular weight is 354 g/mol. The number of nitrogens with zero attached hydrogens (tertiary/aromatic N) is 2. The largest absolute Gasteiger partial charge is 0.497 e. The maximum Gasteiger partial charge on any atom is 0.271 e. The molecule has 0 aliphatic carbocycles. The lowest BCUT2D eigenvalue weighted by molar-refractivity contribution is 0.0942. The molecule has 8 heteroatoms. The number of benzene rings is 1. The van der Waals surface area contributed by atoms with E-state index in [0.717, 1.165) is 0 Å². The number of rotatable bonds is 7. The molecule has 0 fully saturated rings. The Bertz CT molecular complexity index is 863. The molecule has 1 aromatic carbocycles. The molecule has 1 amide bonds. The van der Waals surface area contributed by atoms with Crippen molar-refractivity contribution < 1.29 is 18.7 Å². The third-order valence-electron chi connectivity index (χ3n) is 3.56. The predicted molar refractivity (Wildman–Crippen MR) is 94.7 cm³/mol. The highest BCUT2D eigenvalue weighted by atomic mass is 16.5. The van der Waals surface area contributed by atoms with Gasteiger partial charge in [0.05, 0.1) is 45.1 Å². The van der Waals surface area contributed by atoms with Gasteiger partial charge in [-0.3, -0.25) is 4.79 Å². The van der Waals surface area contributed by atoms with Gasteiger partial charge in [-0.25, -0.2) is 9.97 Å². The maximum absolute atomic E-state index is 12.1. The molecule has 2 N–H and O–H groups in total. The molecular weight excluding hydrogens is 336 g/mol. The van der Waals surface area contributed by atoms with Crippen LogP contribution in [0.25, 0.3) is 0 Å². The lowest BCUT2D eigenvalue weighted by atomic mass is 10.2. The Labute approximate surface area is 150 Å². The van der Waals surface area contributed by atoms with Crippen molar-refractivity contribution in [3.05, 3.63) is 60.4 Å². The number of ether oxygens (including phenoxy) is 2. The molecular formula is C18H18N4O4. The van der Waals surface area contributed by atoms with Gasteiger partial charge < -0.3 is 24.5 Å². The molecule has 0 aliphatic heterocycles. The van der Waals surface area contributed by atoms with Crippen molar-refractivity contribution in [2.45, 2.75) is 6.54 Å². The first-order chi connectivity index (χ1) is 12.7. The van der Waals surface area contributed by atoms with Crippen molar-refractivity contribution >= 4 is 17.4 Å². The van der Waals surface area contributed by atoms with E-state index in [-0.39, 0.29) is 18.1 Å². The van der Waals surface area contributed by atoms with E-state index in [2.05, 4.69) is 20.6 Å². The van der Waals surface area contributed by atoms with Gasteiger partial charge in [0, 0.05) is 6.07 Å². The Morgan fingerprint density at radius 1 is 1.15 bits per heavy atom. The quantitative estimate of drug-likeness (QED) is 0.673. The Morgan fingerprint density at radius 2 is 2.04 bits per heavy atom. The zero-order valence-corrected chi connectivity index (χ0v) is 14.4. The second kappa shape index (κ2) is 8.02. The van der Waals surface area contributed by atoms with E-state index in [0.29, 0.717) is 28.8 Å². The van der Waals surface area contributed by atoms with E-state index in [1.54, 1.807) is 50.8 Å². The lowest BCUT2D eigenvalue weighted by Crippen LogP contribution is -2.23. The van der Waals surface area contributed by atoms with Crippen LogP contribution in [0.2, 0.25) is 0 Å². The van der Waals surface area contributed by atoms with Crippen molar-refractivity contribution in [1.29, 1.82) is 0 Å². The zero-order chi connectivity index (χ0) is 18.4. The lowest BCUT2D eigenvalue weighted by Gasteiger charge is -2.12. The molecule has 2 aromatic heterocycles. The maximum atomic E-state index is 12.1. The SMILES string of the molecule is COc1ccc(OC)c(Nc2cnc(C(=O)NCc3ccco3)cn2)c1. The normalized spacial score (nSPS) is 10.2. The van der Waals surface area contributed by atoms with Crippen molar-refractivity contribution in [3.8, 4) is 11.5 Å². The summed E-state index contributed by atoms with van der Waals surface area (Å²) in [6, 6.07) is 8.90. The van der Waals surface area contributed by atoms with Crippen LogP contribution in [-0.4, -0.2) is 30.1 Å². The van der Waals surface area contributed by atoms with Gasteiger partial charge in [-0.1, -0.05) is 0 Å². The van der Waals surface area contributed by atoms with Gasteiger partial charge in [-0.05, 0) is 24.3 Å². The number of carbonyl (C=O) groups excluding carboxylic acids is 1. The number of furan rings is 1. The van der Waals surface area contributed by atoms with Gasteiger partial charge in [0.1, 0.15) is 28.8 Å². The van der Waals surface area contributed by atoms with Crippen LogP contribution in [-0.2, 0) is 6.54 Å². The summed E-state index contributed by atoms with van der Waals surface area (Å²) in [6.07, 6.45) is 4.42. The minimum atomic E-state index is -0.334. The van der Waals surface area contributed by atoms with E-state index in [1.807, 2.05) is 0 Å². The summed E-state index contributed by atoms with van der Waals surface area (Å²) in [5.74, 6) is 2.11. The van der Waals surface area contributed by atoms with Crippen LogP contribution in [0.3, 0.4) is 0 Å². The molecule has 0 unspecified atom stereocenters. The van der Waals surface area contributed by atoms with Crippen molar-refractivity contribution in [3.63, 3.8) is 0 Å². The molecule has 134 valence electrons. The molecule has 3 aromatic rings. The van der Waals surface area contributed by atoms with Gasteiger partial charge >= 0.3 is 0 Å². The van der Waals surface area contributed by atoms with E-state index < -0.39 is 0 Å². The highest BCUT2D eigenvalue weighted by Crippen LogP contribution is 2.30. The number of hydrogen-bond donors (Lipinski definition) is 2. The smallest absolute Gasteiger partial charge is 0.271 e. The van der Waals surface area contributed by atoms with Crippen molar-refractivity contribution in [2.75, 3.05) is 19.5 Å². The zero-order valence-electron chi connectivity index (χ0n) is 14.4. The topological polar surface area (TPSA) is 98.5 Å². The van der Waals surface area contributed by atoms with E-state index in [9.17, 15) is 4.79 Å². The third-order valence-corrected chi connectivity index (χ3v) is 3.56. The molecule has 0 atom stereocenters. The fourth-order valence-corrected chi connectivity index (χ4v) is 2.23. The number of carbonyl (C=O) groups is 1. The summed E-state index contributed by atoms with van der Waals surface area (Å²) in [5.41, 5.74) is 0.885. The highest BCUT2D eigenvalue weighted by molar-refractivity contribution is 5.92. The monoisotopic (exact) mass is 354 g/mol. The average Bonchev–Trinajstić information content (AvgIpc) is 3.20. The van der Waals surface area contributed by atoms with Crippen LogP contribution < -0.4 is 20.1 Å². The minimum Gasteiger partial charge on any atom is -0.497 e. The van der Waals surface area contributed by atoms with Gasteiger partial charge in [0.25, 0.3) is 5.91 Å². The van der Waals surface area contributed by atoms with Gasteiger partial charge in [0.15, 0.2) is 0 Å². The summed E-state index contributed by atoms with van der Waals surface area (Å²) in [4.78, 5) is 20.4. The summed E-state index contributed by atoms with van der Waals surface area (Å²) in [5, 5.41) is 5.81. The van der Waals surface area contributed by atoms with Crippen LogP contribution >= 0.6 is 0 Å². The molecule has 0 spiro atoms. The second-order valence-corrected chi connectivity index (χ2v) is 5.24. The second-order valence-electron chi connectivity index (χ2n) is 5.24. The molecule has 0 saturated carbocycles. The molecule has 3 rings (SSSR count). The fraction of sp³-hybridized carbons (Fsp3) is 0.167. The predicted octanol–water partition coefficient (Wildman–Crippen LogP) is 2.76. The minimum absolute atomic E-state index is 0.208. The molecule has 2 heterocycles. The van der Waals surface area contributed by atoms with Crippen LogP contribution in [0, 0.1) is 0 Å². The standard InChI is InChI=1S/C18H18N4O4/c1-24-12-5-6-16(25-2)14(8-12)22-17-11-19-15(10-20-17)18(23)21-9-13-4-3-7-26-13/h3-8,10-11H,9H2,1-2H3,(H,20,22)(H,21,23).